The van der Waals surface area contributed by atoms with Crippen molar-refractivity contribution >= 4 is 23.3 Å². The molecule has 0 aliphatic carbocycles. The molecule has 0 spiro atoms. The smallest absolute Gasteiger partial charge is 0.308 e. The van der Waals surface area contributed by atoms with Gasteiger partial charge in [-0.2, -0.15) is 31.3 Å². The van der Waals surface area contributed by atoms with Crippen LogP contribution in [0.3, 0.4) is 0 Å². The molecule has 0 radical (unpaired) electrons. The molecule has 0 aliphatic heterocycles. The topological polar surface area (TPSA) is 70.1 Å². The molecule has 7 nitrogen and oxygen atoms in total. The molecule has 0 saturated heterocycles. The second-order valence-corrected chi connectivity index (χ2v) is 7.55. The number of hydrogen-bond donors (Lipinski definition) is 0. The maximum atomic E-state index is 13.2. The van der Waals surface area contributed by atoms with E-state index >= 15 is 0 Å². The van der Waals surface area contributed by atoms with E-state index in [1.165, 1.54) is 0 Å². The molecule has 0 unspecified atom stereocenters. The van der Waals surface area contributed by atoms with Gasteiger partial charge in [0.15, 0.2) is 0 Å². The summed E-state index contributed by atoms with van der Waals surface area (Å²) in [5, 5.41) is 0. The van der Waals surface area contributed by atoms with E-state index in [-0.39, 0.29) is 28.4 Å². The lowest BCUT2D eigenvalue weighted by Gasteiger charge is -2.10. The van der Waals surface area contributed by atoms with Crippen LogP contribution in [0.2, 0.25) is 0 Å². The van der Waals surface area contributed by atoms with E-state index in [4.69, 9.17) is 9.22 Å². The molecule has 0 bridgehead atoms. The Hall–Kier alpha value is -3.26. The number of fused-ring (bicyclic) bond motifs is 2. The molecule has 4 aromatic heterocycles. The predicted molar refractivity (Wildman–Crippen MR) is 105 cm³/mol. The Balaban J connectivity index is 1.91. The fourth-order valence-electron chi connectivity index (χ4n) is 2.95. The molecule has 33 heavy (non-hydrogen) atoms. The lowest BCUT2D eigenvalue weighted by Crippen LogP contribution is -2.14. The molecular weight excluding hydrogens is 478 g/mol. The Morgan fingerprint density at radius 2 is 1.70 bits per heavy atom. The molecule has 0 atom stereocenters. The van der Waals surface area contributed by atoms with Gasteiger partial charge in [-0.15, -0.1) is 4.33 Å². The minimum atomic E-state index is -4.66. The molecule has 0 amide bonds. The summed E-state index contributed by atoms with van der Waals surface area (Å²) in [6, 6.07) is 3.37. The third-order valence-electron chi connectivity index (χ3n) is 4.44. The zero-order chi connectivity index (χ0) is 24.0. The van der Waals surface area contributed by atoms with E-state index in [0.717, 1.165) is 57.6 Å². The maximum Gasteiger partial charge on any atom is 0.417 e. The molecule has 0 N–H and O–H groups in total. The van der Waals surface area contributed by atoms with Gasteiger partial charge in [0, 0.05) is 36.4 Å². The summed E-state index contributed by atoms with van der Waals surface area (Å²) in [6.07, 6.45) is -6.35. The number of aromatic nitrogens is 4. The monoisotopic (exact) mass is 490 g/mol. The van der Waals surface area contributed by atoms with Crippen molar-refractivity contribution in [1.82, 2.24) is 18.8 Å². The average molecular weight is 490 g/mol. The standard InChI is InChI=1S/C19H12F6N4O3S/c1-2-33-32-31-17-15(26-13-4-3-11(8-29(13)17)19(23,24)25)12-9-28-6-5-10(18(20,21)22)7-14(28)27-16(12)30/h3-9H,2H2,1H3. The minimum absolute atomic E-state index is 0.00927. The normalized spacial score (nSPS) is 12.6. The number of hydrogen-bond acceptors (Lipinski definition) is 6. The molecular formula is C19H12F6N4O3S. The van der Waals surface area contributed by atoms with Crippen molar-refractivity contribution in [2.75, 3.05) is 5.75 Å². The van der Waals surface area contributed by atoms with E-state index in [0.29, 0.717) is 11.8 Å². The highest BCUT2D eigenvalue weighted by Gasteiger charge is 2.33. The summed E-state index contributed by atoms with van der Waals surface area (Å²) in [5.74, 6) is 0.115. The molecule has 4 aromatic rings. The van der Waals surface area contributed by atoms with E-state index in [1.807, 2.05) is 0 Å². The SMILES string of the molecule is CCSOOc1c(-c2cn3ccc(C(F)(F)F)cc3nc2=O)nc2ccc(C(F)(F)F)cn12. The lowest BCUT2D eigenvalue weighted by atomic mass is 10.2. The van der Waals surface area contributed by atoms with Crippen LogP contribution in [0.15, 0.2) is 47.7 Å². The van der Waals surface area contributed by atoms with Crippen molar-refractivity contribution in [2.24, 2.45) is 0 Å². The maximum absolute atomic E-state index is 13.2. The van der Waals surface area contributed by atoms with Crippen LogP contribution in [0.5, 0.6) is 5.88 Å². The highest BCUT2D eigenvalue weighted by atomic mass is 32.2. The molecule has 0 aromatic carbocycles. The van der Waals surface area contributed by atoms with Crippen LogP contribution in [0.1, 0.15) is 18.1 Å². The molecule has 174 valence electrons. The average Bonchev–Trinajstić information content (AvgIpc) is 3.09. The van der Waals surface area contributed by atoms with Gasteiger partial charge in [0.05, 0.1) is 16.7 Å². The van der Waals surface area contributed by atoms with Gasteiger partial charge >= 0.3 is 12.4 Å². The highest BCUT2D eigenvalue weighted by Crippen LogP contribution is 2.35. The van der Waals surface area contributed by atoms with Gasteiger partial charge < -0.3 is 9.29 Å². The van der Waals surface area contributed by atoms with Crippen LogP contribution in [-0.4, -0.2) is 24.5 Å². The van der Waals surface area contributed by atoms with Gasteiger partial charge in [0.25, 0.3) is 11.4 Å². The van der Waals surface area contributed by atoms with Crippen LogP contribution in [-0.2, 0) is 16.7 Å². The van der Waals surface area contributed by atoms with E-state index in [9.17, 15) is 31.1 Å². The predicted octanol–water partition coefficient (Wildman–Crippen LogP) is 5.03. The van der Waals surface area contributed by atoms with E-state index in [2.05, 4.69) is 9.97 Å². The summed E-state index contributed by atoms with van der Waals surface area (Å²) in [7, 11) is 0. The molecule has 0 aliphatic rings. The second-order valence-electron chi connectivity index (χ2n) is 6.61. The molecule has 0 fully saturated rings. The largest absolute Gasteiger partial charge is 0.417 e. The van der Waals surface area contributed by atoms with Gasteiger partial charge in [-0.05, 0) is 24.3 Å². The third kappa shape index (κ3) is 4.48. The molecule has 14 heteroatoms. The summed E-state index contributed by atoms with van der Waals surface area (Å²) in [4.78, 5) is 25.6. The van der Waals surface area contributed by atoms with Crippen LogP contribution < -0.4 is 10.4 Å². The van der Waals surface area contributed by atoms with Crippen molar-refractivity contribution < 1.29 is 35.6 Å². The minimum Gasteiger partial charge on any atom is -0.308 e. The van der Waals surface area contributed by atoms with Crippen LogP contribution in [0.25, 0.3) is 22.6 Å². The second kappa shape index (κ2) is 8.26. The number of imidazole rings is 1. The van der Waals surface area contributed by atoms with Crippen molar-refractivity contribution in [1.29, 1.82) is 0 Å². The number of alkyl halides is 6. The Morgan fingerprint density at radius 3 is 2.36 bits per heavy atom. The number of pyridine rings is 2. The summed E-state index contributed by atoms with van der Waals surface area (Å²) >= 11 is 0.848. The van der Waals surface area contributed by atoms with E-state index in [1.54, 1.807) is 6.92 Å². The van der Waals surface area contributed by atoms with Crippen LogP contribution >= 0.6 is 12.0 Å². The highest BCUT2D eigenvalue weighted by molar-refractivity contribution is 7.94. The Kier molecular flexibility index (Phi) is 5.74. The first-order valence-corrected chi connectivity index (χ1v) is 10.1. The van der Waals surface area contributed by atoms with Gasteiger partial charge in [-0.3, -0.25) is 9.20 Å². The Labute approximate surface area is 184 Å². The Bertz CT molecular complexity index is 1400. The number of nitrogens with zero attached hydrogens (tertiary/aromatic N) is 4. The van der Waals surface area contributed by atoms with Crippen molar-refractivity contribution in [3.05, 3.63) is 64.3 Å². The van der Waals surface area contributed by atoms with E-state index < -0.39 is 29.0 Å². The van der Waals surface area contributed by atoms with Gasteiger partial charge in [0.1, 0.15) is 17.0 Å². The van der Waals surface area contributed by atoms with Crippen LogP contribution in [0, 0.1) is 0 Å². The lowest BCUT2D eigenvalue weighted by molar-refractivity contribution is -0.138. The van der Waals surface area contributed by atoms with Gasteiger partial charge in [-0.1, -0.05) is 6.92 Å². The van der Waals surface area contributed by atoms with Crippen molar-refractivity contribution in [2.45, 2.75) is 19.3 Å². The Morgan fingerprint density at radius 1 is 0.970 bits per heavy atom. The van der Waals surface area contributed by atoms with Gasteiger partial charge in [0.2, 0.25) is 0 Å². The quantitative estimate of drug-likeness (QED) is 0.129. The zero-order valence-electron chi connectivity index (χ0n) is 16.4. The first-order valence-electron chi connectivity index (χ1n) is 9.15. The fourth-order valence-corrected chi connectivity index (χ4v) is 3.15. The van der Waals surface area contributed by atoms with Crippen molar-refractivity contribution in [3.8, 4) is 17.1 Å². The summed E-state index contributed by atoms with van der Waals surface area (Å²) < 4.78 is 85.5. The molecule has 4 rings (SSSR count). The number of rotatable bonds is 5. The summed E-state index contributed by atoms with van der Waals surface area (Å²) in [5.41, 5.74) is -3.63. The molecule has 0 saturated carbocycles. The first kappa shape index (κ1) is 22.9. The first-order chi connectivity index (χ1) is 15.5. The van der Waals surface area contributed by atoms with Crippen LogP contribution in [0.4, 0.5) is 26.3 Å². The zero-order valence-corrected chi connectivity index (χ0v) is 17.3. The third-order valence-corrected chi connectivity index (χ3v) is 4.84. The fraction of sp³-hybridized carbons (Fsp3) is 0.211. The van der Waals surface area contributed by atoms with Gasteiger partial charge in [-0.25, -0.2) is 4.98 Å². The summed E-state index contributed by atoms with van der Waals surface area (Å²) in [6.45, 7) is 1.74. The number of halogens is 6. The van der Waals surface area contributed by atoms with Crippen molar-refractivity contribution in [3.63, 3.8) is 0 Å². The molecule has 4 heterocycles.